The molecule has 1 aliphatic heterocycles. The van der Waals surface area contributed by atoms with Gasteiger partial charge in [0, 0.05) is 25.7 Å². The number of nitrogens with one attached hydrogen (secondary N) is 2. The van der Waals surface area contributed by atoms with Crippen LogP contribution in [-0.2, 0) is 0 Å². The summed E-state index contributed by atoms with van der Waals surface area (Å²) >= 11 is 4.26. The van der Waals surface area contributed by atoms with Gasteiger partial charge in [-0.05, 0) is 18.6 Å². The Morgan fingerprint density at radius 1 is 1.40 bits per heavy atom. The number of thiol groups is 1. The van der Waals surface area contributed by atoms with Crippen LogP contribution in [0.5, 0.6) is 0 Å². The molecule has 2 N–H and O–H groups in total. The van der Waals surface area contributed by atoms with Crippen LogP contribution in [0.3, 0.4) is 0 Å². The molecule has 0 spiro atoms. The Balaban J connectivity index is 2.26. The summed E-state index contributed by atoms with van der Waals surface area (Å²) in [4.78, 5) is 0. The zero-order valence-corrected chi connectivity index (χ0v) is 7.32. The molecule has 1 saturated heterocycles. The van der Waals surface area contributed by atoms with Gasteiger partial charge in [0.25, 0.3) is 0 Å². The van der Waals surface area contributed by atoms with Crippen LogP contribution in [0.2, 0.25) is 0 Å². The topological polar surface area (TPSA) is 24.1 Å². The van der Waals surface area contributed by atoms with Crippen LogP contribution in [0, 0.1) is 5.92 Å². The van der Waals surface area contributed by atoms with Crippen LogP contribution >= 0.6 is 12.6 Å². The highest BCUT2D eigenvalue weighted by atomic mass is 32.1. The monoisotopic (exact) mass is 160 g/mol. The van der Waals surface area contributed by atoms with Crippen molar-refractivity contribution in [1.29, 1.82) is 0 Å². The molecule has 0 aromatic rings. The molecule has 1 rings (SSSR count). The van der Waals surface area contributed by atoms with Gasteiger partial charge in [0.15, 0.2) is 0 Å². The molecule has 0 aromatic carbocycles. The predicted octanol–water partition coefficient (Wildman–Crippen LogP) is 0.114. The molecule has 3 heteroatoms. The van der Waals surface area contributed by atoms with E-state index in [0.717, 1.165) is 25.4 Å². The standard InChI is InChI=1S/C7H16N2S/c1-6-2-8-3-7(5-10)4-9-6/h6-10H,2-5H2,1H3/t6-,7-/m0/s1. The highest BCUT2D eigenvalue weighted by Crippen LogP contribution is 1.99. The van der Waals surface area contributed by atoms with Gasteiger partial charge < -0.3 is 10.6 Å². The summed E-state index contributed by atoms with van der Waals surface area (Å²) < 4.78 is 0. The van der Waals surface area contributed by atoms with Crippen LogP contribution in [-0.4, -0.2) is 31.4 Å². The Morgan fingerprint density at radius 2 is 2.20 bits per heavy atom. The lowest BCUT2D eigenvalue weighted by Crippen LogP contribution is -2.32. The van der Waals surface area contributed by atoms with Crippen molar-refractivity contribution in [2.24, 2.45) is 5.92 Å². The first-order chi connectivity index (χ1) is 4.83. The third kappa shape index (κ3) is 2.48. The SMILES string of the molecule is C[C@H]1CNC[C@H](CS)CN1. The first kappa shape index (κ1) is 8.37. The lowest BCUT2D eigenvalue weighted by Gasteiger charge is -2.10. The van der Waals surface area contributed by atoms with Gasteiger partial charge in [0.1, 0.15) is 0 Å². The van der Waals surface area contributed by atoms with Crippen molar-refractivity contribution in [3.05, 3.63) is 0 Å². The van der Waals surface area contributed by atoms with Gasteiger partial charge >= 0.3 is 0 Å². The number of hydrogen-bond donors (Lipinski definition) is 3. The summed E-state index contributed by atoms with van der Waals surface area (Å²) in [5, 5.41) is 6.82. The Morgan fingerprint density at radius 3 is 2.90 bits per heavy atom. The third-order valence-electron chi connectivity index (χ3n) is 1.90. The average Bonchev–Trinajstić information content (AvgIpc) is 2.14. The summed E-state index contributed by atoms with van der Waals surface area (Å²) in [5.41, 5.74) is 0. The number of hydrogen-bond acceptors (Lipinski definition) is 3. The Labute approximate surface area is 68.2 Å². The smallest absolute Gasteiger partial charge is 0.0164 e. The van der Waals surface area contributed by atoms with Gasteiger partial charge in [-0.1, -0.05) is 0 Å². The third-order valence-corrected chi connectivity index (χ3v) is 2.41. The molecule has 0 saturated carbocycles. The summed E-state index contributed by atoms with van der Waals surface area (Å²) in [6.45, 7) is 5.51. The van der Waals surface area contributed by atoms with Gasteiger partial charge in [0.05, 0.1) is 0 Å². The fraction of sp³-hybridized carbons (Fsp3) is 1.00. The van der Waals surface area contributed by atoms with E-state index in [1.54, 1.807) is 0 Å². The van der Waals surface area contributed by atoms with Crippen molar-refractivity contribution in [3.63, 3.8) is 0 Å². The van der Waals surface area contributed by atoms with Gasteiger partial charge in [-0.25, -0.2) is 0 Å². The van der Waals surface area contributed by atoms with Crippen molar-refractivity contribution < 1.29 is 0 Å². The average molecular weight is 160 g/mol. The van der Waals surface area contributed by atoms with E-state index in [0.29, 0.717) is 12.0 Å². The highest BCUT2D eigenvalue weighted by molar-refractivity contribution is 7.80. The second-order valence-corrected chi connectivity index (χ2v) is 3.38. The first-order valence-electron chi connectivity index (χ1n) is 3.88. The zero-order chi connectivity index (χ0) is 7.40. The summed E-state index contributed by atoms with van der Waals surface area (Å²) in [6.07, 6.45) is 0. The fourth-order valence-corrected chi connectivity index (χ4v) is 1.40. The summed E-state index contributed by atoms with van der Waals surface area (Å²) in [7, 11) is 0. The van der Waals surface area contributed by atoms with E-state index >= 15 is 0 Å². The lowest BCUT2D eigenvalue weighted by molar-refractivity contribution is 0.531. The molecule has 0 radical (unpaired) electrons. The molecule has 0 amide bonds. The molecule has 1 heterocycles. The fourth-order valence-electron chi connectivity index (χ4n) is 1.15. The molecule has 2 atom stereocenters. The maximum Gasteiger partial charge on any atom is 0.0164 e. The van der Waals surface area contributed by atoms with E-state index in [9.17, 15) is 0 Å². The van der Waals surface area contributed by atoms with Gasteiger partial charge in [0.2, 0.25) is 0 Å². The van der Waals surface area contributed by atoms with E-state index in [1.807, 2.05) is 0 Å². The molecule has 0 unspecified atom stereocenters. The van der Waals surface area contributed by atoms with Gasteiger partial charge in [-0.15, -0.1) is 0 Å². The van der Waals surface area contributed by atoms with Crippen LogP contribution in [0.25, 0.3) is 0 Å². The van der Waals surface area contributed by atoms with Crippen molar-refractivity contribution >= 4 is 12.6 Å². The normalized spacial score (nSPS) is 35.4. The van der Waals surface area contributed by atoms with Crippen LogP contribution in [0.15, 0.2) is 0 Å². The Kier molecular flexibility index (Phi) is 3.52. The maximum atomic E-state index is 4.26. The molecule has 0 bridgehead atoms. The molecule has 2 nitrogen and oxygen atoms in total. The van der Waals surface area contributed by atoms with Crippen molar-refractivity contribution in [3.8, 4) is 0 Å². The van der Waals surface area contributed by atoms with E-state index in [4.69, 9.17) is 0 Å². The van der Waals surface area contributed by atoms with E-state index in [-0.39, 0.29) is 0 Å². The Bertz CT molecular complexity index is 97.6. The highest BCUT2D eigenvalue weighted by Gasteiger charge is 2.12. The van der Waals surface area contributed by atoms with Crippen LogP contribution in [0.4, 0.5) is 0 Å². The number of rotatable bonds is 1. The summed E-state index contributed by atoms with van der Waals surface area (Å²) in [6, 6.07) is 0.616. The molecule has 60 valence electrons. The lowest BCUT2D eigenvalue weighted by atomic mass is 10.2. The van der Waals surface area contributed by atoms with Gasteiger partial charge in [-0.3, -0.25) is 0 Å². The quantitative estimate of drug-likeness (QED) is 0.474. The summed E-state index contributed by atoms with van der Waals surface area (Å²) in [5.74, 6) is 1.68. The van der Waals surface area contributed by atoms with Gasteiger partial charge in [-0.2, -0.15) is 12.6 Å². The molecule has 0 aromatic heterocycles. The minimum Gasteiger partial charge on any atom is -0.315 e. The van der Waals surface area contributed by atoms with E-state index in [1.165, 1.54) is 0 Å². The zero-order valence-electron chi connectivity index (χ0n) is 6.43. The second-order valence-electron chi connectivity index (χ2n) is 3.02. The largest absolute Gasteiger partial charge is 0.315 e. The van der Waals surface area contributed by atoms with E-state index in [2.05, 4.69) is 30.2 Å². The minimum absolute atomic E-state index is 0.616. The Hall–Kier alpha value is 0.270. The van der Waals surface area contributed by atoms with Crippen LogP contribution in [0.1, 0.15) is 6.92 Å². The van der Waals surface area contributed by atoms with E-state index < -0.39 is 0 Å². The van der Waals surface area contributed by atoms with Crippen molar-refractivity contribution in [2.75, 3.05) is 25.4 Å². The van der Waals surface area contributed by atoms with Crippen LogP contribution < -0.4 is 10.6 Å². The molecule has 1 aliphatic rings. The second kappa shape index (κ2) is 4.21. The predicted molar refractivity (Wildman–Crippen MR) is 47.7 cm³/mol. The first-order valence-corrected chi connectivity index (χ1v) is 4.51. The molecule has 10 heavy (non-hydrogen) atoms. The molecular formula is C7H16N2S. The maximum absolute atomic E-state index is 4.26. The molecular weight excluding hydrogens is 144 g/mol. The van der Waals surface area contributed by atoms with Crippen molar-refractivity contribution in [2.45, 2.75) is 13.0 Å². The van der Waals surface area contributed by atoms with Crippen molar-refractivity contribution in [1.82, 2.24) is 10.6 Å². The molecule has 0 aliphatic carbocycles. The molecule has 1 fully saturated rings. The minimum atomic E-state index is 0.616.